The fourth-order valence-corrected chi connectivity index (χ4v) is 4.03. The van der Waals surface area contributed by atoms with Crippen molar-refractivity contribution in [3.8, 4) is 0 Å². The van der Waals surface area contributed by atoms with E-state index in [4.69, 9.17) is 4.98 Å². The Hall–Kier alpha value is -1.59. The molecule has 2 aromatic rings. The van der Waals surface area contributed by atoms with E-state index in [-0.39, 0.29) is 18.3 Å². The predicted octanol–water partition coefficient (Wildman–Crippen LogP) is 2.79. The molecule has 1 saturated heterocycles. The maximum atomic E-state index is 12.2. The first-order valence-corrected chi connectivity index (χ1v) is 8.77. The Balaban J connectivity index is 0.00000169. The zero-order valence-electron chi connectivity index (χ0n) is 14.1. The Labute approximate surface area is 148 Å². The molecule has 2 aliphatic heterocycles. The van der Waals surface area contributed by atoms with Crippen LogP contribution in [0.5, 0.6) is 0 Å². The lowest BCUT2D eigenvalue weighted by Crippen LogP contribution is -2.34. The summed E-state index contributed by atoms with van der Waals surface area (Å²) in [6.45, 7) is 7.26. The fourth-order valence-electron chi connectivity index (χ4n) is 4.03. The number of benzene rings is 1. The minimum Gasteiger partial charge on any atom is -0.350 e. The summed E-state index contributed by atoms with van der Waals surface area (Å²) >= 11 is 0. The van der Waals surface area contributed by atoms with Crippen LogP contribution in [-0.4, -0.2) is 46.5 Å². The van der Waals surface area contributed by atoms with Gasteiger partial charge in [0.15, 0.2) is 0 Å². The molecule has 4 rings (SSSR count). The lowest BCUT2D eigenvalue weighted by Gasteiger charge is -2.31. The summed E-state index contributed by atoms with van der Waals surface area (Å²) < 4.78 is 2.29. The molecule has 3 heterocycles. The van der Waals surface area contributed by atoms with Crippen LogP contribution in [0.3, 0.4) is 0 Å². The minimum absolute atomic E-state index is 0. The molecule has 24 heavy (non-hydrogen) atoms. The third kappa shape index (κ3) is 2.91. The van der Waals surface area contributed by atoms with Crippen molar-refractivity contribution in [1.82, 2.24) is 19.8 Å². The van der Waals surface area contributed by atoms with Gasteiger partial charge in [0.05, 0.1) is 16.6 Å². The van der Waals surface area contributed by atoms with Gasteiger partial charge in [-0.05, 0) is 51.0 Å². The van der Waals surface area contributed by atoms with Crippen LogP contribution >= 0.6 is 12.4 Å². The number of hydrogen-bond acceptors (Lipinski definition) is 3. The number of hydrogen-bond donors (Lipinski definition) is 1. The number of halogens is 1. The molecule has 0 bridgehead atoms. The predicted molar refractivity (Wildman–Crippen MR) is 98.0 cm³/mol. The Morgan fingerprint density at radius 2 is 2.04 bits per heavy atom. The van der Waals surface area contributed by atoms with Crippen molar-refractivity contribution in [1.29, 1.82) is 0 Å². The van der Waals surface area contributed by atoms with Gasteiger partial charge in [0.2, 0.25) is 0 Å². The van der Waals surface area contributed by atoms with Gasteiger partial charge in [0.25, 0.3) is 5.91 Å². The Kier molecular flexibility index (Phi) is 5.11. The van der Waals surface area contributed by atoms with Gasteiger partial charge in [-0.2, -0.15) is 0 Å². The van der Waals surface area contributed by atoms with E-state index in [1.807, 2.05) is 18.2 Å². The standard InChI is InChI=1S/C18H24N4O.ClH/c1-2-9-21-10-6-13(7-11-21)17-20-15-5-3-4-14-16(15)22(17)12-8-19-18(14)23;/h3-5,13H,2,6-12H2,1H3,(H,19,23);1H. The first kappa shape index (κ1) is 17.2. The molecule has 0 aliphatic carbocycles. The molecule has 1 aromatic heterocycles. The van der Waals surface area contributed by atoms with Crippen LogP contribution in [0.1, 0.15) is 48.3 Å². The zero-order valence-corrected chi connectivity index (χ0v) is 14.9. The van der Waals surface area contributed by atoms with Crippen LogP contribution in [0.4, 0.5) is 0 Å². The van der Waals surface area contributed by atoms with Gasteiger partial charge in [-0.1, -0.05) is 13.0 Å². The number of amides is 1. The van der Waals surface area contributed by atoms with Crippen molar-refractivity contribution in [2.45, 2.75) is 38.6 Å². The van der Waals surface area contributed by atoms with Gasteiger partial charge in [-0.15, -0.1) is 12.4 Å². The summed E-state index contributed by atoms with van der Waals surface area (Å²) in [6, 6.07) is 5.88. The lowest BCUT2D eigenvalue weighted by molar-refractivity contribution is 0.0956. The van der Waals surface area contributed by atoms with E-state index in [2.05, 4.69) is 21.7 Å². The summed E-state index contributed by atoms with van der Waals surface area (Å²) in [5, 5.41) is 3.00. The van der Waals surface area contributed by atoms with Crippen molar-refractivity contribution in [3.05, 3.63) is 29.6 Å². The van der Waals surface area contributed by atoms with E-state index in [9.17, 15) is 4.79 Å². The molecule has 0 atom stereocenters. The smallest absolute Gasteiger partial charge is 0.253 e. The van der Waals surface area contributed by atoms with Crippen LogP contribution in [0.15, 0.2) is 18.2 Å². The minimum atomic E-state index is 0. The first-order chi connectivity index (χ1) is 11.3. The number of para-hydroxylation sites is 1. The second kappa shape index (κ2) is 7.11. The summed E-state index contributed by atoms with van der Waals surface area (Å²) in [4.78, 5) is 19.7. The SMILES string of the molecule is CCCN1CCC(c2nc3cccc4c3n2CCNC4=O)CC1.Cl. The van der Waals surface area contributed by atoms with Crippen LogP contribution in [-0.2, 0) is 6.54 Å². The number of nitrogens with one attached hydrogen (secondary N) is 1. The number of imidazole rings is 1. The van der Waals surface area contributed by atoms with Gasteiger partial charge in [-0.3, -0.25) is 4.79 Å². The van der Waals surface area contributed by atoms with E-state index < -0.39 is 0 Å². The van der Waals surface area contributed by atoms with Crippen molar-refractivity contribution in [2.75, 3.05) is 26.2 Å². The maximum Gasteiger partial charge on any atom is 0.253 e. The monoisotopic (exact) mass is 348 g/mol. The molecular weight excluding hydrogens is 324 g/mol. The number of aromatic nitrogens is 2. The molecule has 0 saturated carbocycles. The van der Waals surface area contributed by atoms with Crippen molar-refractivity contribution >= 4 is 29.3 Å². The third-order valence-corrected chi connectivity index (χ3v) is 5.15. The molecule has 1 aromatic carbocycles. The van der Waals surface area contributed by atoms with Crippen molar-refractivity contribution in [3.63, 3.8) is 0 Å². The fraction of sp³-hybridized carbons (Fsp3) is 0.556. The average Bonchev–Trinajstić information content (AvgIpc) is 2.85. The Morgan fingerprint density at radius 3 is 2.79 bits per heavy atom. The van der Waals surface area contributed by atoms with Crippen LogP contribution in [0, 0.1) is 0 Å². The summed E-state index contributed by atoms with van der Waals surface area (Å²) in [5.41, 5.74) is 2.75. The van der Waals surface area contributed by atoms with Gasteiger partial charge in [0.1, 0.15) is 5.82 Å². The molecule has 1 fully saturated rings. The Bertz CT molecular complexity index is 734. The normalized spacial score (nSPS) is 19.0. The summed E-state index contributed by atoms with van der Waals surface area (Å²) in [5.74, 6) is 1.72. The van der Waals surface area contributed by atoms with E-state index in [0.717, 1.165) is 36.2 Å². The molecular formula is C18H25ClN4O. The molecule has 1 amide bonds. The highest BCUT2D eigenvalue weighted by Crippen LogP contribution is 2.32. The van der Waals surface area contributed by atoms with Crippen LogP contribution in [0.2, 0.25) is 0 Å². The molecule has 1 N–H and O–H groups in total. The number of likely N-dealkylation sites (tertiary alicyclic amines) is 1. The van der Waals surface area contributed by atoms with Crippen LogP contribution < -0.4 is 5.32 Å². The largest absolute Gasteiger partial charge is 0.350 e. The molecule has 5 nitrogen and oxygen atoms in total. The van der Waals surface area contributed by atoms with Gasteiger partial charge >= 0.3 is 0 Å². The zero-order chi connectivity index (χ0) is 15.8. The highest BCUT2D eigenvalue weighted by Gasteiger charge is 2.27. The summed E-state index contributed by atoms with van der Waals surface area (Å²) in [7, 11) is 0. The second-order valence-corrected chi connectivity index (χ2v) is 6.67. The average molecular weight is 349 g/mol. The van der Waals surface area contributed by atoms with E-state index in [1.54, 1.807) is 0 Å². The highest BCUT2D eigenvalue weighted by atomic mass is 35.5. The number of piperidine rings is 1. The highest BCUT2D eigenvalue weighted by molar-refractivity contribution is 6.05. The molecule has 0 unspecified atom stereocenters. The van der Waals surface area contributed by atoms with Gasteiger partial charge < -0.3 is 14.8 Å². The van der Waals surface area contributed by atoms with E-state index in [1.165, 1.54) is 31.6 Å². The molecule has 130 valence electrons. The molecule has 6 heteroatoms. The Morgan fingerprint density at radius 1 is 1.25 bits per heavy atom. The molecule has 0 spiro atoms. The second-order valence-electron chi connectivity index (χ2n) is 6.67. The van der Waals surface area contributed by atoms with E-state index in [0.29, 0.717) is 12.5 Å². The van der Waals surface area contributed by atoms with Gasteiger partial charge in [0, 0.05) is 19.0 Å². The number of carbonyl (C=O) groups excluding carboxylic acids is 1. The third-order valence-electron chi connectivity index (χ3n) is 5.15. The summed E-state index contributed by atoms with van der Waals surface area (Å²) in [6.07, 6.45) is 3.56. The molecule has 0 radical (unpaired) electrons. The van der Waals surface area contributed by atoms with E-state index >= 15 is 0 Å². The van der Waals surface area contributed by atoms with Crippen LogP contribution in [0.25, 0.3) is 11.0 Å². The quantitative estimate of drug-likeness (QED) is 0.928. The first-order valence-electron chi connectivity index (χ1n) is 8.77. The number of rotatable bonds is 3. The topological polar surface area (TPSA) is 50.2 Å². The number of carbonyl (C=O) groups is 1. The maximum absolute atomic E-state index is 12.2. The van der Waals surface area contributed by atoms with Crippen molar-refractivity contribution in [2.24, 2.45) is 0 Å². The molecule has 2 aliphatic rings. The number of nitrogens with zero attached hydrogens (tertiary/aromatic N) is 3. The van der Waals surface area contributed by atoms with Crippen molar-refractivity contribution < 1.29 is 4.79 Å². The lowest BCUT2D eigenvalue weighted by atomic mass is 9.95. The van der Waals surface area contributed by atoms with Gasteiger partial charge in [-0.25, -0.2) is 4.98 Å².